The zero-order valence-electron chi connectivity index (χ0n) is 12.7. The van der Waals surface area contributed by atoms with E-state index in [2.05, 4.69) is 10.6 Å². The van der Waals surface area contributed by atoms with Crippen molar-refractivity contribution in [2.75, 3.05) is 23.8 Å². The van der Waals surface area contributed by atoms with Crippen molar-refractivity contribution in [3.63, 3.8) is 0 Å². The highest BCUT2D eigenvalue weighted by atomic mass is 32.1. The number of hydrogen-bond acceptors (Lipinski definition) is 5. The molecule has 1 unspecified atom stereocenters. The van der Waals surface area contributed by atoms with Crippen LogP contribution in [-0.2, 0) is 4.79 Å². The van der Waals surface area contributed by atoms with Gasteiger partial charge in [0.2, 0.25) is 0 Å². The summed E-state index contributed by atoms with van der Waals surface area (Å²) in [6, 6.07) is 7.58. The molecule has 0 saturated heterocycles. The van der Waals surface area contributed by atoms with Crippen molar-refractivity contribution in [2.24, 2.45) is 0 Å². The van der Waals surface area contributed by atoms with Crippen molar-refractivity contribution in [1.82, 2.24) is 0 Å². The molecule has 1 aromatic carbocycles. The second kappa shape index (κ2) is 6.54. The Hall–Kier alpha value is -2.15. The molecule has 2 aromatic rings. The van der Waals surface area contributed by atoms with E-state index in [1.165, 1.54) is 0 Å². The number of carbonyl (C=O) groups is 1. The average molecular weight is 330 g/mol. The molecule has 5 nitrogen and oxygen atoms in total. The molecular weight excluding hydrogens is 312 g/mol. The number of hydrogen-bond donors (Lipinski definition) is 4. The molecule has 0 radical (unpaired) electrons. The lowest BCUT2D eigenvalue weighted by molar-refractivity contribution is -0.110. The lowest BCUT2D eigenvalue weighted by Gasteiger charge is -2.11. The van der Waals surface area contributed by atoms with Crippen LogP contribution < -0.4 is 10.6 Å². The van der Waals surface area contributed by atoms with Crippen LogP contribution in [0.15, 0.2) is 29.6 Å². The van der Waals surface area contributed by atoms with E-state index in [0.717, 1.165) is 27.4 Å². The Morgan fingerprint density at radius 2 is 2.22 bits per heavy atom. The van der Waals surface area contributed by atoms with E-state index in [0.29, 0.717) is 5.57 Å². The molecule has 0 fully saturated rings. The first-order valence-corrected chi connectivity index (χ1v) is 8.21. The van der Waals surface area contributed by atoms with Crippen molar-refractivity contribution in [3.05, 3.63) is 45.6 Å². The van der Waals surface area contributed by atoms with E-state index in [1.54, 1.807) is 11.3 Å². The van der Waals surface area contributed by atoms with Gasteiger partial charge in [-0.2, -0.15) is 0 Å². The molecular formula is C17H18N2O3S. The summed E-state index contributed by atoms with van der Waals surface area (Å²) in [4.78, 5) is 13.3. The fourth-order valence-corrected chi connectivity index (χ4v) is 3.26. The van der Waals surface area contributed by atoms with E-state index in [4.69, 9.17) is 5.11 Å². The van der Waals surface area contributed by atoms with Crippen LogP contribution in [0.2, 0.25) is 0 Å². The van der Waals surface area contributed by atoms with Crippen LogP contribution in [0.1, 0.15) is 16.0 Å². The molecule has 1 atom stereocenters. The highest BCUT2D eigenvalue weighted by Crippen LogP contribution is 2.36. The van der Waals surface area contributed by atoms with Gasteiger partial charge >= 0.3 is 0 Å². The zero-order chi connectivity index (χ0) is 16.4. The molecule has 4 N–H and O–H groups in total. The third-order valence-electron chi connectivity index (χ3n) is 3.73. The summed E-state index contributed by atoms with van der Waals surface area (Å²) in [6.07, 6.45) is 1.10. The standard InChI is InChI=1S/C17H18N2O3S/c1-10-4-5-23-16(10)7-14-13-6-11(18-8-12(21)9-20)2-3-15(13)19-17(14)22/h2-7,12,18,20-21H,8-9H2,1H3,(H,19,22). The number of thiophene rings is 1. The minimum atomic E-state index is -0.813. The maximum atomic E-state index is 12.2. The van der Waals surface area contributed by atoms with Crippen LogP contribution in [0, 0.1) is 6.92 Å². The number of rotatable bonds is 5. The van der Waals surface area contributed by atoms with Gasteiger partial charge in [-0.3, -0.25) is 4.79 Å². The van der Waals surface area contributed by atoms with Gasteiger partial charge < -0.3 is 20.8 Å². The number of benzene rings is 1. The number of aliphatic hydroxyl groups excluding tert-OH is 2. The Balaban J connectivity index is 1.90. The predicted molar refractivity (Wildman–Crippen MR) is 93.6 cm³/mol. The number of carbonyl (C=O) groups excluding carboxylic acids is 1. The SMILES string of the molecule is Cc1ccsc1C=C1C(=O)Nc2ccc(NCC(O)CO)cc21. The summed E-state index contributed by atoms with van der Waals surface area (Å²) in [5.74, 6) is -0.111. The molecule has 0 saturated carbocycles. The number of anilines is 2. The third-order valence-corrected chi connectivity index (χ3v) is 4.70. The Morgan fingerprint density at radius 1 is 1.39 bits per heavy atom. The second-order valence-corrected chi connectivity index (χ2v) is 6.41. The van der Waals surface area contributed by atoms with Gasteiger partial charge in [0.1, 0.15) is 0 Å². The molecule has 120 valence electrons. The average Bonchev–Trinajstić information content (AvgIpc) is 3.09. The number of aliphatic hydroxyl groups is 2. The molecule has 2 heterocycles. The topological polar surface area (TPSA) is 81.6 Å². The summed E-state index contributed by atoms with van der Waals surface area (Å²) in [7, 11) is 0. The maximum absolute atomic E-state index is 12.2. The minimum absolute atomic E-state index is 0.111. The molecule has 0 aliphatic carbocycles. The highest BCUT2D eigenvalue weighted by molar-refractivity contribution is 7.11. The summed E-state index contributed by atoms with van der Waals surface area (Å²) < 4.78 is 0. The first-order chi connectivity index (χ1) is 11.1. The largest absolute Gasteiger partial charge is 0.394 e. The van der Waals surface area contributed by atoms with Crippen LogP contribution in [0.3, 0.4) is 0 Å². The minimum Gasteiger partial charge on any atom is -0.394 e. The van der Waals surface area contributed by atoms with Gasteiger partial charge in [0.05, 0.1) is 18.3 Å². The Morgan fingerprint density at radius 3 is 2.91 bits per heavy atom. The van der Waals surface area contributed by atoms with E-state index in [-0.39, 0.29) is 19.1 Å². The van der Waals surface area contributed by atoms with Crippen LogP contribution in [0.5, 0.6) is 0 Å². The molecule has 0 bridgehead atoms. The predicted octanol–water partition coefficient (Wildman–Crippen LogP) is 2.31. The monoisotopic (exact) mass is 330 g/mol. The molecule has 23 heavy (non-hydrogen) atoms. The van der Waals surface area contributed by atoms with E-state index >= 15 is 0 Å². The van der Waals surface area contributed by atoms with Crippen LogP contribution >= 0.6 is 11.3 Å². The van der Waals surface area contributed by atoms with Gasteiger partial charge in [0.25, 0.3) is 5.91 Å². The fourth-order valence-electron chi connectivity index (χ4n) is 2.40. The smallest absolute Gasteiger partial charge is 0.256 e. The summed E-state index contributed by atoms with van der Waals surface area (Å²) >= 11 is 1.60. The van der Waals surface area contributed by atoms with Crippen LogP contribution in [0.4, 0.5) is 11.4 Å². The number of amides is 1. The molecule has 3 rings (SSSR count). The van der Waals surface area contributed by atoms with Crippen LogP contribution in [0.25, 0.3) is 11.6 Å². The van der Waals surface area contributed by atoms with Crippen molar-refractivity contribution in [1.29, 1.82) is 0 Å². The van der Waals surface area contributed by atoms with Crippen molar-refractivity contribution in [2.45, 2.75) is 13.0 Å². The highest BCUT2D eigenvalue weighted by Gasteiger charge is 2.24. The Bertz CT molecular complexity index is 767. The summed E-state index contributed by atoms with van der Waals surface area (Å²) in [5, 5.41) is 26.2. The quantitative estimate of drug-likeness (QED) is 0.634. The van der Waals surface area contributed by atoms with Gasteiger partial charge in [-0.15, -0.1) is 11.3 Å². The third kappa shape index (κ3) is 3.29. The first kappa shape index (κ1) is 15.7. The van der Waals surface area contributed by atoms with Crippen LogP contribution in [-0.4, -0.2) is 35.4 Å². The zero-order valence-corrected chi connectivity index (χ0v) is 13.5. The van der Waals surface area contributed by atoms with E-state index < -0.39 is 6.10 Å². The van der Waals surface area contributed by atoms with E-state index in [1.807, 2.05) is 42.6 Å². The molecule has 0 spiro atoms. The fraction of sp³-hybridized carbons (Fsp3) is 0.235. The van der Waals surface area contributed by atoms with Gasteiger partial charge in [-0.1, -0.05) is 0 Å². The molecule has 1 amide bonds. The number of fused-ring (bicyclic) bond motifs is 1. The maximum Gasteiger partial charge on any atom is 0.256 e. The van der Waals surface area contributed by atoms with Gasteiger partial charge in [-0.25, -0.2) is 0 Å². The Kier molecular flexibility index (Phi) is 4.47. The lowest BCUT2D eigenvalue weighted by atomic mass is 10.0. The van der Waals surface area contributed by atoms with Gasteiger partial charge in [0, 0.05) is 28.4 Å². The molecule has 1 aliphatic heterocycles. The van der Waals surface area contributed by atoms with Crippen molar-refractivity contribution >= 4 is 40.3 Å². The second-order valence-electron chi connectivity index (χ2n) is 5.46. The normalized spacial score (nSPS) is 16.3. The number of nitrogens with one attached hydrogen (secondary N) is 2. The van der Waals surface area contributed by atoms with Crippen molar-refractivity contribution in [3.8, 4) is 0 Å². The first-order valence-electron chi connectivity index (χ1n) is 7.33. The van der Waals surface area contributed by atoms with Crippen molar-refractivity contribution < 1.29 is 15.0 Å². The van der Waals surface area contributed by atoms with Gasteiger partial charge in [-0.05, 0) is 48.2 Å². The molecule has 6 heteroatoms. The van der Waals surface area contributed by atoms with Gasteiger partial charge in [0.15, 0.2) is 0 Å². The summed E-state index contributed by atoms with van der Waals surface area (Å²) in [6.45, 7) is 1.98. The Labute approximate surface area is 138 Å². The number of aryl methyl sites for hydroxylation is 1. The lowest BCUT2D eigenvalue weighted by Crippen LogP contribution is -2.22. The van der Waals surface area contributed by atoms with E-state index in [9.17, 15) is 9.90 Å². The molecule has 1 aliphatic rings. The molecule has 1 aromatic heterocycles. The summed E-state index contributed by atoms with van der Waals surface area (Å²) in [5.41, 5.74) is 4.19.